The highest BCUT2D eigenvalue weighted by atomic mass is 16.5. The van der Waals surface area contributed by atoms with Crippen LogP contribution in [0.4, 0.5) is 0 Å². The fourth-order valence-corrected chi connectivity index (χ4v) is 5.45. The van der Waals surface area contributed by atoms with Gasteiger partial charge in [0.05, 0.1) is 13.0 Å². The summed E-state index contributed by atoms with van der Waals surface area (Å²) in [6, 6.07) is 12.6. The number of carbonyl (C=O) groups excluding carboxylic acids is 1. The van der Waals surface area contributed by atoms with E-state index >= 15 is 0 Å². The Hall–Kier alpha value is -2.44. The van der Waals surface area contributed by atoms with Crippen LogP contribution < -0.4 is 4.74 Å². The number of hydrogen-bond donors (Lipinski definition) is 0. The molecule has 0 atom stereocenters. The number of aromatic nitrogens is 1. The maximum absolute atomic E-state index is 12.6. The third-order valence-electron chi connectivity index (χ3n) is 7.43. The van der Waals surface area contributed by atoms with Crippen molar-refractivity contribution in [2.75, 3.05) is 46.5 Å². The predicted octanol–water partition coefficient (Wildman–Crippen LogP) is 4.33. The summed E-state index contributed by atoms with van der Waals surface area (Å²) in [5.41, 5.74) is 2.78. The molecule has 6 nitrogen and oxygen atoms in total. The summed E-state index contributed by atoms with van der Waals surface area (Å²) in [7, 11) is 1.66. The summed E-state index contributed by atoms with van der Waals surface area (Å²) >= 11 is 0. The van der Waals surface area contributed by atoms with Gasteiger partial charge in [-0.1, -0.05) is 30.7 Å². The lowest BCUT2D eigenvalue weighted by Gasteiger charge is -2.45. The maximum Gasteiger partial charge on any atom is 0.224 e. The average Bonchev–Trinajstić information content (AvgIpc) is 2.86. The maximum atomic E-state index is 12.6. The van der Waals surface area contributed by atoms with Crippen molar-refractivity contribution in [2.24, 2.45) is 5.41 Å². The van der Waals surface area contributed by atoms with Gasteiger partial charge in [0.2, 0.25) is 5.91 Å². The van der Waals surface area contributed by atoms with Crippen molar-refractivity contribution in [3.05, 3.63) is 59.9 Å². The monoisotopic (exact) mass is 465 g/mol. The first-order chi connectivity index (χ1) is 16.7. The summed E-state index contributed by atoms with van der Waals surface area (Å²) in [6.45, 7) is 5.66. The van der Waals surface area contributed by atoms with Crippen LogP contribution in [0.5, 0.6) is 5.75 Å². The number of aryl methyl sites for hydroxylation is 1. The van der Waals surface area contributed by atoms with E-state index in [1.54, 1.807) is 7.11 Å². The topological polar surface area (TPSA) is 54.9 Å². The van der Waals surface area contributed by atoms with Gasteiger partial charge in [-0.25, -0.2) is 0 Å². The SMILES string of the molecule is COCCC(=O)N1CCC2(CCCCc3ccccc3OCCN(Cc3cccnc3)C2)CC1. The Kier molecular flexibility index (Phi) is 8.94. The first kappa shape index (κ1) is 24.7. The van der Waals surface area contributed by atoms with Crippen molar-refractivity contribution in [3.63, 3.8) is 0 Å². The molecule has 0 unspecified atom stereocenters. The van der Waals surface area contributed by atoms with E-state index in [-0.39, 0.29) is 11.3 Å². The van der Waals surface area contributed by atoms with Gasteiger partial charge < -0.3 is 14.4 Å². The molecule has 1 spiro atoms. The number of ether oxygens (including phenoxy) is 2. The predicted molar refractivity (Wildman–Crippen MR) is 134 cm³/mol. The van der Waals surface area contributed by atoms with Crippen molar-refractivity contribution in [1.82, 2.24) is 14.8 Å². The minimum Gasteiger partial charge on any atom is -0.492 e. The largest absolute Gasteiger partial charge is 0.492 e. The molecule has 0 saturated carbocycles. The van der Waals surface area contributed by atoms with Crippen LogP contribution in [0.3, 0.4) is 0 Å². The smallest absolute Gasteiger partial charge is 0.224 e. The van der Waals surface area contributed by atoms with Crippen LogP contribution >= 0.6 is 0 Å². The summed E-state index contributed by atoms with van der Waals surface area (Å²) in [5.74, 6) is 1.25. The second kappa shape index (κ2) is 12.3. The van der Waals surface area contributed by atoms with E-state index in [0.29, 0.717) is 19.6 Å². The lowest BCUT2D eigenvalue weighted by Crippen LogP contribution is -2.48. The molecule has 0 radical (unpaired) electrons. The number of carbonyl (C=O) groups is 1. The zero-order valence-corrected chi connectivity index (χ0v) is 20.6. The Labute approximate surface area is 204 Å². The number of methoxy groups -OCH3 is 1. The molecule has 0 N–H and O–H groups in total. The van der Waals surface area contributed by atoms with Crippen LogP contribution in [0.1, 0.15) is 49.7 Å². The van der Waals surface area contributed by atoms with Crippen LogP contribution in [0.15, 0.2) is 48.8 Å². The number of hydrogen-bond acceptors (Lipinski definition) is 5. The standard InChI is InChI=1S/C28H39N3O3/c1-33-19-11-27(32)31-16-13-28(14-17-31)12-5-4-9-25-8-2-3-10-26(25)34-20-18-30(23-28)22-24-7-6-15-29-21-24/h2-3,6-8,10,15,21H,4-5,9,11-14,16-20,22-23H2,1H3. The van der Waals surface area contributed by atoms with Crippen LogP contribution in [0, 0.1) is 5.41 Å². The van der Waals surface area contributed by atoms with Gasteiger partial charge in [0.15, 0.2) is 0 Å². The van der Waals surface area contributed by atoms with Crippen molar-refractivity contribution in [1.29, 1.82) is 0 Å². The molecule has 184 valence electrons. The van der Waals surface area contributed by atoms with E-state index in [1.807, 2.05) is 23.4 Å². The molecule has 1 saturated heterocycles. The third-order valence-corrected chi connectivity index (χ3v) is 7.43. The Morgan fingerprint density at radius 1 is 1.09 bits per heavy atom. The molecule has 2 aliphatic heterocycles. The highest BCUT2D eigenvalue weighted by Gasteiger charge is 2.37. The first-order valence-corrected chi connectivity index (χ1v) is 12.8. The Balaban J connectivity index is 1.48. The van der Waals surface area contributed by atoms with Crippen LogP contribution in [0.2, 0.25) is 0 Å². The van der Waals surface area contributed by atoms with E-state index in [9.17, 15) is 4.79 Å². The highest BCUT2D eigenvalue weighted by molar-refractivity contribution is 5.76. The molecule has 0 bridgehead atoms. The Morgan fingerprint density at radius 2 is 1.94 bits per heavy atom. The molecule has 1 fully saturated rings. The molecule has 0 aliphatic carbocycles. The number of nitrogens with zero attached hydrogens (tertiary/aromatic N) is 3. The van der Waals surface area contributed by atoms with Crippen LogP contribution in [0.25, 0.3) is 0 Å². The van der Waals surface area contributed by atoms with Crippen molar-refractivity contribution in [3.8, 4) is 5.75 Å². The van der Waals surface area contributed by atoms with Gasteiger partial charge in [-0.3, -0.25) is 14.7 Å². The third kappa shape index (κ3) is 6.80. The van der Waals surface area contributed by atoms with Crippen molar-refractivity contribution in [2.45, 2.75) is 51.5 Å². The molecule has 1 aromatic heterocycles. The Bertz CT molecular complexity index is 897. The van der Waals surface area contributed by atoms with E-state index in [4.69, 9.17) is 9.47 Å². The van der Waals surface area contributed by atoms with Gasteiger partial charge in [0, 0.05) is 52.2 Å². The number of piperidine rings is 1. The second-order valence-corrected chi connectivity index (χ2v) is 9.86. The van der Waals surface area contributed by atoms with E-state index < -0.39 is 0 Å². The molecule has 3 heterocycles. The van der Waals surface area contributed by atoms with E-state index in [0.717, 1.165) is 57.7 Å². The number of rotatable bonds is 5. The van der Waals surface area contributed by atoms with Gasteiger partial charge in [-0.05, 0) is 60.8 Å². The summed E-state index contributed by atoms with van der Waals surface area (Å²) in [6.07, 6.45) is 11.0. The highest BCUT2D eigenvalue weighted by Crippen LogP contribution is 2.39. The molecule has 6 heteroatoms. The summed E-state index contributed by atoms with van der Waals surface area (Å²) in [5, 5.41) is 0. The molecule has 1 amide bonds. The normalized spacial score (nSPS) is 19.5. The number of fused-ring (bicyclic) bond motifs is 1. The van der Waals surface area contributed by atoms with Gasteiger partial charge in [-0.15, -0.1) is 0 Å². The summed E-state index contributed by atoms with van der Waals surface area (Å²) in [4.78, 5) is 21.5. The van der Waals surface area contributed by atoms with Crippen LogP contribution in [-0.2, 0) is 22.5 Å². The number of likely N-dealkylation sites (tertiary alicyclic amines) is 1. The number of amides is 1. The zero-order chi connectivity index (χ0) is 23.6. The van der Waals surface area contributed by atoms with Crippen LogP contribution in [-0.4, -0.2) is 67.2 Å². The molecule has 2 aromatic rings. The molecule has 2 aliphatic rings. The molecular formula is C28H39N3O3. The molecule has 1 aromatic carbocycles. The molecule has 34 heavy (non-hydrogen) atoms. The van der Waals surface area contributed by atoms with E-state index in [2.05, 4.69) is 40.2 Å². The number of para-hydroxylation sites is 1. The number of benzene rings is 1. The van der Waals surface area contributed by atoms with Crippen molar-refractivity contribution < 1.29 is 14.3 Å². The molecule has 4 rings (SSSR count). The van der Waals surface area contributed by atoms with Gasteiger partial charge in [0.1, 0.15) is 12.4 Å². The minimum atomic E-state index is 0.224. The fourth-order valence-electron chi connectivity index (χ4n) is 5.45. The molecular weight excluding hydrogens is 426 g/mol. The second-order valence-electron chi connectivity index (χ2n) is 9.86. The number of pyridine rings is 1. The summed E-state index contributed by atoms with van der Waals surface area (Å²) < 4.78 is 11.4. The van der Waals surface area contributed by atoms with Gasteiger partial charge in [-0.2, -0.15) is 0 Å². The first-order valence-electron chi connectivity index (χ1n) is 12.8. The lowest BCUT2D eigenvalue weighted by atomic mass is 9.73. The lowest BCUT2D eigenvalue weighted by molar-refractivity contribution is -0.134. The minimum absolute atomic E-state index is 0.224. The Morgan fingerprint density at radius 3 is 2.74 bits per heavy atom. The van der Waals surface area contributed by atoms with Crippen molar-refractivity contribution >= 4 is 5.91 Å². The van der Waals surface area contributed by atoms with Gasteiger partial charge >= 0.3 is 0 Å². The average molecular weight is 466 g/mol. The fraction of sp³-hybridized carbons (Fsp3) is 0.571. The van der Waals surface area contributed by atoms with E-state index in [1.165, 1.54) is 30.4 Å². The zero-order valence-electron chi connectivity index (χ0n) is 20.6. The van der Waals surface area contributed by atoms with Gasteiger partial charge in [0.25, 0.3) is 0 Å². The quantitative estimate of drug-likeness (QED) is 0.658.